The van der Waals surface area contributed by atoms with E-state index in [1.54, 1.807) is 0 Å². The lowest BCUT2D eigenvalue weighted by molar-refractivity contribution is -0.118. The number of hydrogen-bond donors (Lipinski definition) is 1. The first-order valence-electron chi connectivity index (χ1n) is 7.27. The van der Waals surface area contributed by atoms with Gasteiger partial charge in [0.25, 0.3) is 0 Å². The molecule has 102 valence electrons. The molecule has 0 spiro atoms. The van der Waals surface area contributed by atoms with E-state index in [-0.39, 0.29) is 11.8 Å². The molecule has 0 aromatic heterocycles. The first kappa shape index (κ1) is 13.0. The Morgan fingerprint density at radius 2 is 2.00 bits per heavy atom. The molecule has 1 aromatic carbocycles. The minimum Gasteiger partial charge on any atom is -0.325 e. The first-order chi connectivity index (χ1) is 9.16. The second kappa shape index (κ2) is 5.16. The fourth-order valence-electron chi connectivity index (χ4n) is 3.71. The van der Waals surface area contributed by atoms with Gasteiger partial charge >= 0.3 is 0 Å². The Bertz CT molecular complexity index is 494. The van der Waals surface area contributed by atoms with Crippen LogP contribution in [0.1, 0.15) is 50.5 Å². The van der Waals surface area contributed by atoms with Gasteiger partial charge in [-0.05, 0) is 35.6 Å². The minimum absolute atomic E-state index is 0.0169. The van der Waals surface area contributed by atoms with Gasteiger partial charge in [-0.15, -0.1) is 0 Å². The van der Waals surface area contributed by atoms with Crippen molar-refractivity contribution in [1.82, 2.24) is 0 Å². The summed E-state index contributed by atoms with van der Waals surface area (Å²) < 4.78 is 0. The highest BCUT2D eigenvalue weighted by molar-refractivity contribution is 6.31. The van der Waals surface area contributed by atoms with Gasteiger partial charge in [0, 0.05) is 10.7 Å². The maximum Gasteiger partial charge on any atom is 0.232 e. The molecule has 2 atom stereocenters. The molecule has 1 aliphatic heterocycles. The van der Waals surface area contributed by atoms with Crippen molar-refractivity contribution in [1.29, 1.82) is 0 Å². The van der Waals surface area contributed by atoms with Crippen LogP contribution in [-0.4, -0.2) is 5.91 Å². The number of nitrogens with one attached hydrogen (secondary N) is 1. The number of amides is 1. The van der Waals surface area contributed by atoms with Crippen LogP contribution < -0.4 is 5.32 Å². The molecule has 0 bridgehead atoms. The van der Waals surface area contributed by atoms with Crippen LogP contribution in [-0.2, 0) is 4.79 Å². The summed E-state index contributed by atoms with van der Waals surface area (Å²) in [5.74, 6) is 1.21. The Labute approximate surface area is 119 Å². The third kappa shape index (κ3) is 2.38. The fourth-order valence-corrected chi connectivity index (χ4v) is 3.89. The van der Waals surface area contributed by atoms with Crippen LogP contribution in [0.5, 0.6) is 0 Å². The number of rotatable bonds is 2. The molecule has 1 heterocycles. The number of hydrogen-bond acceptors (Lipinski definition) is 1. The number of anilines is 1. The summed E-state index contributed by atoms with van der Waals surface area (Å²) in [5.41, 5.74) is 2.04. The Morgan fingerprint density at radius 3 is 2.74 bits per heavy atom. The standard InChI is InChI=1S/C16H20ClNO/c1-10(11-5-3-2-4-6-11)15-13-9-12(17)7-8-14(13)18-16(15)19/h7-11,15H,2-6H2,1H3,(H,18,19). The van der Waals surface area contributed by atoms with Gasteiger partial charge in [0.1, 0.15) is 0 Å². The Morgan fingerprint density at radius 1 is 1.26 bits per heavy atom. The van der Waals surface area contributed by atoms with Crippen molar-refractivity contribution < 1.29 is 4.79 Å². The van der Waals surface area contributed by atoms with Gasteiger partial charge in [0.2, 0.25) is 5.91 Å². The monoisotopic (exact) mass is 277 g/mol. The number of carbonyl (C=O) groups is 1. The van der Waals surface area contributed by atoms with Crippen LogP contribution in [0, 0.1) is 11.8 Å². The molecule has 0 radical (unpaired) electrons. The van der Waals surface area contributed by atoms with Crippen molar-refractivity contribution in [3.63, 3.8) is 0 Å². The van der Waals surface area contributed by atoms with Gasteiger partial charge in [0.15, 0.2) is 0 Å². The molecule has 0 saturated heterocycles. The number of halogens is 1. The number of carbonyl (C=O) groups excluding carboxylic acids is 1. The maximum atomic E-state index is 12.3. The van der Waals surface area contributed by atoms with Crippen LogP contribution >= 0.6 is 11.6 Å². The molecule has 3 rings (SSSR count). The molecular formula is C16H20ClNO. The second-order valence-electron chi connectivity index (χ2n) is 5.96. The van der Waals surface area contributed by atoms with E-state index in [9.17, 15) is 4.79 Å². The second-order valence-corrected chi connectivity index (χ2v) is 6.39. The fraction of sp³-hybridized carbons (Fsp3) is 0.562. The SMILES string of the molecule is CC(C1CCCCC1)C1C(=O)Nc2ccc(Cl)cc21. The van der Waals surface area contributed by atoms with Crippen molar-refractivity contribution in [3.05, 3.63) is 28.8 Å². The van der Waals surface area contributed by atoms with Gasteiger partial charge in [-0.1, -0.05) is 50.6 Å². The Kier molecular flexibility index (Phi) is 3.53. The van der Waals surface area contributed by atoms with E-state index in [1.165, 1.54) is 32.1 Å². The zero-order valence-electron chi connectivity index (χ0n) is 11.3. The van der Waals surface area contributed by atoms with Gasteiger partial charge in [-0.3, -0.25) is 4.79 Å². The van der Waals surface area contributed by atoms with Crippen molar-refractivity contribution in [2.75, 3.05) is 5.32 Å². The van der Waals surface area contributed by atoms with E-state index >= 15 is 0 Å². The summed E-state index contributed by atoms with van der Waals surface area (Å²) >= 11 is 6.09. The molecular weight excluding hydrogens is 258 g/mol. The third-order valence-corrected chi connectivity index (χ3v) is 5.04. The minimum atomic E-state index is -0.0169. The van der Waals surface area contributed by atoms with E-state index in [2.05, 4.69) is 12.2 Å². The Balaban J connectivity index is 1.88. The first-order valence-corrected chi connectivity index (χ1v) is 7.65. The maximum absolute atomic E-state index is 12.3. The van der Waals surface area contributed by atoms with Gasteiger partial charge in [-0.2, -0.15) is 0 Å². The van der Waals surface area contributed by atoms with Gasteiger partial charge in [-0.25, -0.2) is 0 Å². The summed E-state index contributed by atoms with van der Waals surface area (Å²) in [6.45, 7) is 2.23. The van der Waals surface area contributed by atoms with Crippen molar-refractivity contribution in [2.45, 2.75) is 44.9 Å². The van der Waals surface area contributed by atoms with Crippen LogP contribution in [0.4, 0.5) is 5.69 Å². The highest BCUT2D eigenvalue weighted by Crippen LogP contribution is 2.44. The quantitative estimate of drug-likeness (QED) is 0.841. The molecule has 2 aliphatic rings. The molecule has 19 heavy (non-hydrogen) atoms. The summed E-state index contributed by atoms with van der Waals surface area (Å²) in [4.78, 5) is 12.3. The molecule has 1 fully saturated rings. The van der Waals surface area contributed by atoms with Gasteiger partial charge < -0.3 is 5.32 Å². The summed E-state index contributed by atoms with van der Waals surface area (Å²) in [6.07, 6.45) is 6.50. The zero-order chi connectivity index (χ0) is 13.4. The van der Waals surface area contributed by atoms with E-state index in [1.807, 2.05) is 18.2 Å². The summed E-state index contributed by atoms with van der Waals surface area (Å²) in [7, 11) is 0. The molecule has 1 saturated carbocycles. The topological polar surface area (TPSA) is 29.1 Å². The predicted octanol–water partition coefficient (Wildman–Crippen LogP) is 4.59. The zero-order valence-corrected chi connectivity index (χ0v) is 12.0. The van der Waals surface area contributed by atoms with Crippen molar-refractivity contribution >= 4 is 23.2 Å². The van der Waals surface area contributed by atoms with Gasteiger partial charge in [0.05, 0.1) is 5.92 Å². The van der Waals surface area contributed by atoms with E-state index < -0.39 is 0 Å². The molecule has 1 aromatic rings. The number of benzene rings is 1. The predicted molar refractivity (Wildman–Crippen MR) is 78.6 cm³/mol. The average Bonchev–Trinajstić information content (AvgIpc) is 2.74. The van der Waals surface area contributed by atoms with Crippen LogP contribution in [0.25, 0.3) is 0 Å². The van der Waals surface area contributed by atoms with E-state index in [0.29, 0.717) is 11.8 Å². The van der Waals surface area contributed by atoms with Crippen LogP contribution in [0.2, 0.25) is 5.02 Å². The molecule has 2 unspecified atom stereocenters. The summed E-state index contributed by atoms with van der Waals surface area (Å²) in [5, 5.41) is 3.72. The normalized spacial score (nSPS) is 24.9. The van der Waals surface area contributed by atoms with E-state index in [0.717, 1.165) is 16.3 Å². The highest BCUT2D eigenvalue weighted by Gasteiger charge is 2.38. The smallest absolute Gasteiger partial charge is 0.232 e. The van der Waals surface area contributed by atoms with Crippen LogP contribution in [0.3, 0.4) is 0 Å². The Hall–Kier alpha value is -1.02. The van der Waals surface area contributed by atoms with Crippen molar-refractivity contribution in [3.8, 4) is 0 Å². The largest absolute Gasteiger partial charge is 0.325 e. The lowest BCUT2D eigenvalue weighted by Gasteiger charge is -2.30. The number of fused-ring (bicyclic) bond motifs is 1. The highest BCUT2D eigenvalue weighted by atomic mass is 35.5. The molecule has 2 nitrogen and oxygen atoms in total. The van der Waals surface area contributed by atoms with Crippen LogP contribution in [0.15, 0.2) is 18.2 Å². The summed E-state index contributed by atoms with van der Waals surface area (Å²) in [6, 6.07) is 5.72. The molecule has 3 heteroatoms. The third-order valence-electron chi connectivity index (χ3n) is 4.81. The van der Waals surface area contributed by atoms with Crippen molar-refractivity contribution in [2.24, 2.45) is 11.8 Å². The molecule has 1 N–H and O–H groups in total. The lowest BCUT2D eigenvalue weighted by atomic mass is 9.73. The lowest BCUT2D eigenvalue weighted by Crippen LogP contribution is -2.26. The van der Waals surface area contributed by atoms with E-state index in [4.69, 9.17) is 11.6 Å². The molecule has 1 aliphatic carbocycles. The average molecular weight is 278 g/mol. The molecule has 1 amide bonds.